The molecule has 1 aromatic rings. The van der Waals surface area contributed by atoms with Crippen molar-refractivity contribution >= 4 is 42.3 Å². The highest BCUT2D eigenvalue weighted by Crippen LogP contribution is 2.31. The van der Waals surface area contributed by atoms with Crippen molar-refractivity contribution < 1.29 is 21.6 Å². The molecule has 0 aliphatic rings. The zero-order valence-electron chi connectivity index (χ0n) is 6.72. The molecule has 1 aromatic heterocycles. The summed E-state index contributed by atoms with van der Waals surface area (Å²) in [6, 6.07) is 0.669. The molecule has 3 nitrogen and oxygen atoms in total. The van der Waals surface area contributed by atoms with Gasteiger partial charge in [-0.3, -0.25) is 0 Å². The van der Waals surface area contributed by atoms with Crippen LogP contribution in [0, 0.1) is 3.57 Å². The molecular weight excluding hydrogens is 369 g/mol. The van der Waals surface area contributed by atoms with E-state index < -0.39 is 25.8 Å². The summed E-state index contributed by atoms with van der Waals surface area (Å²) in [5, 5.41) is -0.572. The maximum absolute atomic E-state index is 12.2. The fourth-order valence-corrected chi connectivity index (χ4v) is 3.33. The van der Waals surface area contributed by atoms with Gasteiger partial charge in [-0.2, -0.15) is 13.2 Å². The third kappa shape index (κ3) is 3.18. The fraction of sp³-hybridized carbons (Fsp3) is 0.167. The van der Waals surface area contributed by atoms with E-state index in [-0.39, 0.29) is 3.57 Å². The minimum atomic E-state index is -4.55. The van der Waals surface area contributed by atoms with E-state index in [0.29, 0.717) is 12.3 Å². The molecule has 0 unspecified atom stereocenters. The first-order valence-corrected chi connectivity index (χ1v) is 6.68. The number of alkyl halides is 3. The van der Waals surface area contributed by atoms with Crippen LogP contribution in [0.1, 0.15) is 5.56 Å². The van der Waals surface area contributed by atoms with Gasteiger partial charge >= 0.3 is 6.18 Å². The first-order valence-electron chi connectivity index (χ1n) is 3.30. The predicted octanol–water partition coefficient (Wildman–Crippen LogP) is 2.63. The number of pyridine rings is 1. The summed E-state index contributed by atoms with van der Waals surface area (Å²) in [4.78, 5) is 3.17. The minimum absolute atomic E-state index is 0.169. The summed E-state index contributed by atoms with van der Waals surface area (Å²) < 4.78 is 58.0. The SMILES string of the molecule is O=S(=O)(Cl)c1ncc(C(F)(F)F)cc1I. The first kappa shape index (κ1) is 13.0. The highest BCUT2D eigenvalue weighted by atomic mass is 127. The van der Waals surface area contributed by atoms with Crippen LogP contribution in [-0.4, -0.2) is 13.4 Å². The molecule has 0 saturated carbocycles. The van der Waals surface area contributed by atoms with Gasteiger partial charge in [0.25, 0.3) is 9.05 Å². The molecule has 0 spiro atoms. The molecule has 0 aliphatic heterocycles. The molecule has 0 bridgehead atoms. The second kappa shape index (κ2) is 4.06. The zero-order valence-corrected chi connectivity index (χ0v) is 10.4. The van der Waals surface area contributed by atoms with Gasteiger partial charge in [0.1, 0.15) is 0 Å². The molecular formula is C6H2ClF3INO2S. The summed E-state index contributed by atoms with van der Waals surface area (Å²) in [5.41, 5.74) is -1.02. The summed E-state index contributed by atoms with van der Waals surface area (Å²) >= 11 is 1.43. The molecule has 84 valence electrons. The number of hydrogen-bond acceptors (Lipinski definition) is 3. The molecule has 0 saturated heterocycles. The first-order chi connectivity index (χ1) is 6.62. The van der Waals surface area contributed by atoms with Crippen LogP contribution in [0.5, 0.6) is 0 Å². The average molecular weight is 372 g/mol. The molecule has 0 N–H and O–H groups in total. The standard InChI is InChI=1S/C6H2ClF3INO2S/c7-15(13,14)5-4(11)1-3(2-12-5)6(8,9)10/h1-2H. The van der Waals surface area contributed by atoms with Crippen molar-refractivity contribution in [3.63, 3.8) is 0 Å². The van der Waals surface area contributed by atoms with E-state index in [2.05, 4.69) is 4.98 Å². The molecule has 0 aliphatic carbocycles. The van der Waals surface area contributed by atoms with Crippen LogP contribution in [0.25, 0.3) is 0 Å². The summed E-state index contributed by atoms with van der Waals surface area (Å²) in [6.07, 6.45) is -4.13. The quantitative estimate of drug-likeness (QED) is 0.563. The van der Waals surface area contributed by atoms with Crippen LogP contribution in [0.3, 0.4) is 0 Å². The second-order valence-corrected chi connectivity index (χ2v) is 6.09. The number of rotatable bonds is 1. The lowest BCUT2D eigenvalue weighted by Crippen LogP contribution is -2.08. The largest absolute Gasteiger partial charge is 0.417 e. The number of hydrogen-bond donors (Lipinski definition) is 0. The second-order valence-electron chi connectivity index (χ2n) is 2.45. The van der Waals surface area contributed by atoms with Gasteiger partial charge in [0.15, 0.2) is 5.03 Å². The summed E-state index contributed by atoms with van der Waals surface area (Å²) in [6.45, 7) is 0. The molecule has 0 fully saturated rings. The van der Waals surface area contributed by atoms with Gasteiger partial charge in [0, 0.05) is 16.9 Å². The maximum atomic E-state index is 12.2. The van der Waals surface area contributed by atoms with E-state index in [0.717, 1.165) is 0 Å². The molecule has 1 rings (SSSR count). The third-order valence-corrected chi connectivity index (χ3v) is 3.78. The van der Waals surface area contributed by atoms with Crippen molar-refractivity contribution in [1.82, 2.24) is 4.98 Å². The Hall–Kier alpha value is -0.0900. The van der Waals surface area contributed by atoms with Crippen molar-refractivity contribution in [1.29, 1.82) is 0 Å². The Balaban J connectivity index is 3.34. The van der Waals surface area contributed by atoms with Crippen LogP contribution < -0.4 is 0 Å². The van der Waals surface area contributed by atoms with Crippen LogP contribution in [0.4, 0.5) is 13.2 Å². The third-order valence-electron chi connectivity index (χ3n) is 1.37. The molecule has 1 heterocycles. The molecule has 0 aromatic carbocycles. The van der Waals surface area contributed by atoms with Gasteiger partial charge in [0.2, 0.25) is 0 Å². The van der Waals surface area contributed by atoms with Crippen LogP contribution in [-0.2, 0) is 15.2 Å². The van der Waals surface area contributed by atoms with Crippen LogP contribution in [0.15, 0.2) is 17.3 Å². The molecule has 0 atom stereocenters. The Labute approximate surface area is 101 Å². The predicted molar refractivity (Wildman–Crippen MR) is 55.0 cm³/mol. The molecule has 0 amide bonds. The topological polar surface area (TPSA) is 47.0 Å². The Bertz CT molecular complexity index is 488. The maximum Gasteiger partial charge on any atom is 0.417 e. The van der Waals surface area contributed by atoms with E-state index in [4.69, 9.17) is 10.7 Å². The fourth-order valence-electron chi connectivity index (χ4n) is 0.760. The van der Waals surface area contributed by atoms with Gasteiger partial charge in [0.05, 0.1) is 9.13 Å². The highest BCUT2D eigenvalue weighted by Gasteiger charge is 2.32. The average Bonchev–Trinajstić information content (AvgIpc) is 1.99. The van der Waals surface area contributed by atoms with Gasteiger partial charge in [-0.25, -0.2) is 13.4 Å². The van der Waals surface area contributed by atoms with Crippen LogP contribution in [0.2, 0.25) is 0 Å². The molecule has 15 heavy (non-hydrogen) atoms. The monoisotopic (exact) mass is 371 g/mol. The van der Waals surface area contributed by atoms with Gasteiger partial charge in [-0.15, -0.1) is 0 Å². The zero-order chi connectivity index (χ0) is 11.9. The van der Waals surface area contributed by atoms with Crippen molar-refractivity contribution in [2.75, 3.05) is 0 Å². The van der Waals surface area contributed by atoms with Crippen molar-refractivity contribution in [2.24, 2.45) is 0 Å². The lowest BCUT2D eigenvalue weighted by Gasteiger charge is -2.07. The lowest BCUT2D eigenvalue weighted by atomic mass is 10.3. The Morgan fingerprint density at radius 2 is 1.93 bits per heavy atom. The summed E-state index contributed by atoms with van der Waals surface area (Å²) in [7, 11) is 0.845. The van der Waals surface area contributed by atoms with Crippen molar-refractivity contribution in [3.05, 3.63) is 21.4 Å². The van der Waals surface area contributed by atoms with E-state index in [1.807, 2.05) is 0 Å². The van der Waals surface area contributed by atoms with Gasteiger partial charge < -0.3 is 0 Å². The van der Waals surface area contributed by atoms with Crippen molar-refractivity contribution in [3.8, 4) is 0 Å². The van der Waals surface area contributed by atoms with E-state index >= 15 is 0 Å². The Morgan fingerprint density at radius 1 is 1.40 bits per heavy atom. The number of nitrogens with zero attached hydrogens (tertiary/aromatic N) is 1. The number of halogens is 5. The van der Waals surface area contributed by atoms with E-state index in [1.54, 1.807) is 0 Å². The lowest BCUT2D eigenvalue weighted by molar-refractivity contribution is -0.137. The van der Waals surface area contributed by atoms with Crippen molar-refractivity contribution in [2.45, 2.75) is 11.2 Å². The van der Waals surface area contributed by atoms with Gasteiger partial charge in [-0.05, 0) is 28.7 Å². The van der Waals surface area contributed by atoms with E-state index in [9.17, 15) is 21.6 Å². The Morgan fingerprint density at radius 3 is 2.27 bits per heavy atom. The smallest absolute Gasteiger partial charge is 0.242 e. The molecule has 9 heteroatoms. The van der Waals surface area contributed by atoms with E-state index in [1.165, 1.54) is 22.6 Å². The normalized spacial score (nSPS) is 12.9. The Kier molecular flexibility index (Phi) is 3.51. The number of aromatic nitrogens is 1. The highest BCUT2D eigenvalue weighted by molar-refractivity contribution is 14.1. The minimum Gasteiger partial charge on any atom is -0.242 e. The summed E-state index contributed by atoms with van der Waals surface area (Å²) in [5.74, 6) is 0. The molecule has 0 radical (unpaired) electrons. The van der Waals surface area contributed by atoms with Crippen LogP contribution >= 0.6 is 33.3 Å². The van der Waals surface area contributed by atoms with Gasteiger partial charge in [-0.1, -0.05) is 0 Å².